The molecule has 0 atom stereocenters. The van der Waals surface area contributed by atoms with Crippen LogP contribution < -0.4 is 10.1 Å². The van der Waals surface area contributed by atoms with Gasteiger partial charge in [-0.05, 0) is 65.5 Å². The third-order valence-electron chi connectivity index (χ3n) is 3.46. The molecular formula is C19H22BrNO2. The Balaban J connectivity index is 2.01. The number of rotatable bonds is 6. The van der Waals surface area contributed by atoms with Crippen LogP contribution in [-0.4, -0.2) is 12.5 Å². The first-order chi connectivity index (χ1) is 11.0. The van der Waals surface area contributed by atoms with Crippen molar-refractivity contribution in [3.8, 4) is 5.75 Å². The summed E-state index contributed by atoms with van der Waals surface area (Å²) in [6.07, 6.45) is 1.00. The average Bonchev–Trinajstić information content (AvgIpc) is 2.50. The highest BCUT2D eigenvalue weighted by Gasteiger charge is 2.10. The summed E-state index contributed by atoms with van der Waals surface area (Å²) < 4.78 is 6.52. The predicted octanol–water partition coefficient (Wildman–Crippen LogP) is 5.43. The van der Waals surface area contributed by atoms with E-state index in [1.807, 2.05) is 37.3 Å². The molecule has 0 fully saturated rings. The van der Waals surface area contributed by atoms with Crippen LogP contribution in [0, 0.1) is 12.8 Å². The molecule has 0 radical (unpaired) electrons. The van der Waals surface area contributed by atoms with Crippen LogP contribution >= 0.6 is 15.9 Å². The van der Waals surface area contributed by atoms with Gasteiger partial charge in [-0.3, -0.25) is 4.79 Å². The second-order valence-electron chi connectivity index (χ2n) is 6.00. The highest BCUT2D eigenvalue weighted by atomic mass is 79.9. The van der Waals surface area contributed by atoms with E-state index in [1.54, 1.807) is 12.1 Å². The monoisotopic (exact) mass is 375 g/mol. The summed E-state index contributed by atoms with van der Waals surface area (Å²) in [5.74, 6) is 1.23. The molecule has 0 aliphatic carbocycles. The SMILES string of the molecule is Cc1ccc(NC(=O)c2ccc(OCCC(C)C)c(Br)c2)cc1. The first-order valence-corrected chi connectivity index (χ1v) is 8.55. The Labute approximate surface area is 146 Å². The highest BCUT2D eigenvalue weighted by molar-refractivity contribution is 9.10. The number of aryl methyl sites for hydroxylation is 1. The molecule has 0 aliphatic heterocycles. The van der Waals surface area contributed by atoms with Crippen molar-refractivity contribution in [2.75, 3.05) is 11.9 Å². The molecule has 2 rings (SSSR count). The van der Waals surface area contributed by atoms with Crippen molar-refractivity contribution in [2.24, 2.45) is 5.92 Å². The van der Waals surface area contributed by atoms with Crippen molar-refractivity contribution >= 4 is 27.5 Å². The van der Waals surface area contributed by atoms with Gasteiger partial charge in [0.15, 0.2) is 0 Å². The van der Waals surface area contributed by atoms with Crippen molar-refractivity contribution in [3.05, 3.63) is 58.1 Å². The molecular weight excluding hydrogens is 354 g/mol. The molecule has 0 aromatic heterocycles. The molecule has 2 aromatic carbocycles. The van der Waals surface area contributed by atoms with Crippen molar-refractivity contribution in [2.45, 2.75) is 27.2 Å². The number of carbonyl (C=O) groups excluding carboxylic acids is 1. The molecule has 0 unspecified atom stereocenters. The quantitative estimate of drug-likeness (QED) is 0.730. The number of hydrogen-bond acceptors (Lipinski definition) is 2. The number of nitrogens with one attached hydrogen (secondary N) is 1. The standard InChI is InChI=1S/C19H22BrNO2/c1-13(2)10-11-23-18-9-6-15(12-17(18)20)19(22)21-16-7-4-14(3)5-8-16/h4-9,12-13H,10-11H2,1-3H3,(H,21,22). The van der Waals surface area contributed by atoms with E-state index in [0.29, 0.717) is 18.1 Å². The summed E-state index contributed by atoms with van der Waals surface area (Å²) in [6.45, 7) is 7.01. The normalized spacial score (nSPS) is 10.7. The first-order valence-electron chi connectivity index (χ1n) is 7.76. The summed E-state index contributed by atoms with van der Waals surface area (Å²) in [7, 11) is 0. The maximum absolute atomic E-state index is 12.3. The van der Waals surface area contributed by atoms with E-state index in [2.05, 4.69) is 35.1 Å². The smallest absolute Gasteiger partial charge is 0.255 e. The molecule has 0 aliphatic rings. The molecule has 0 saturated heterocycles. The number of benzene rings is 2. The molecule has 3 nitrogen and oxygen atoms in total. The highest BCUT2D eigenvalue weighted by Crippen LogP contribution is 2.27. The molecule has 0 heterocycles. The van der Waals surface area contributed by atoms with Crippen LogP contribution in [-0.2, 0) is 0 Å². The van der Waals surface area contributed by atoms with Crippen molar-refractivity contribution in [3.63, 3.8) is 0 Å². The van der Waals surface area contributed by atoms with Gasteiger partial charge in [0.2, 0.25) is 0 Å². The maximum Gasteiger partial charge on any atom is 0.255 e. The maximum atomic E-state index is 12.3. The molecule has 0 bridgehead atoms. The van der Waals surface area contributed by atoms with Gasteiger partial charge in [-0.2, -0.15) is 0 Å². The number of amides is 1. The Kier molecular flexibility index (Phi) is 6.22. The minimum absolute atomic E-state index is 0.136. The van der Waals surface area contributed by atoms with Gasteiger partial charge < -0.3 is 10.1 Å². The predicted molar refractivity (Wildman–Crippen MR) is 98.2 cm³/mol. The van der Waals surface area contributed by atoms with Gasteiger partial charge in [-0.25, -0.2) is 0 Å². The summed E-state index contributed by atoms with van der Waals surface area (Å²) in [5, 5.41) is 2.89. The molecule has 122 valence electrons. The van der Waals surface area contributed by atoms with Crippen LogP contribution in [0.5, 0.6) is 5.75 Å². The van der Waals surface area contributed by atoms with Crippen LogP contribution in [0.25, 0.3) is 0 Å². The van der Waals surface area contributed by atoms with Crippen LogP contribution in [0.3, 0.4) is 0 Å². The topological polar surface area (TPSA) is 38.3 Å². The largest absolute Gasteiger partial charge is 0.492 e. The van der Waals surface area contributed by atoms with Crippen LogP contribution in [0.15, 0.2) is 46.9 Å². The molecule has 1 N–H and O–H groups in total. The van der Waals surface area contributed by atoms with Gasteiger partial charge in [0.05, 0.1) is 11.1 Å². The third-order valence-corrected chi connectivity index (χ3v) is 4.08. The second-order valence-corrected chi connectivity index (χ2v) is 6.85. The lowest BCUT2D eigenvalue weighted by molar-refractivity contribution is 0.102. The van der Waals surface area contributed by atoms with Crippen molar-refractivity contribution in [1.82, 2.24) is 0 Å². The molecule has 0 spiro atoms. The first kappa shape index (κ1) is 17.5. The Morgan fingerprint density at radius 1 is 1.17 bits per heavy atom. The number of anilines is 1. The third kappa shape index (κ3) is 5.39. The zero-order valence-electron chi connectivity index (χ0n) is 13.7. The van der Waals surface area contributed by atoms with E-state index in [0.717, 1.165) is 27.9 Å². The van der Waals surface area contributed by atoms with E-state index in [9.17, 15) is 4.79 Å². The lowest BCUT2D eigenvalue weighted by atomic mass is 10.1. The second kappa shape index (κ2) is 8.16. The molecule has 0 saturated carbocycles. The van der Waals surface area contributed by atoms with E-state index in [4.69, 9.17) is 4.74 Å². The molecule has 1 amide bonds. The van der Waals surface area contributed by atoms with Gasteiger partial charge in [0.25, 0.3) is 5.91 Å². The zero-order chi connectivity index (χ0) is 16.8. The summed E-state index contributed by atoms with van der Waals surface area (Å²) >= 11 is 3.47. The van der Waals surface area contributed by atoms with Gasteiger partial charge in [-0.15, -0.1) is 0 Å². The number of halogens is 1. The molecule has 23 heavy (non-hydrogen) atoms. The van der Waals surface area contributed by atoms with E-state index >= 15 is 0 Å². The number of carbonyl (C=O) groups is 1. The lowest BCUT2D eigenvalue weighted by Crippen LogP contribution is -2.12. The fourth-order valence-electron chi connectivity index (χ4n) is 2.00. The number of ether oxygens (including phenoxy) is 1. The minimum Gasteiger partial charge on any atom is -0.492 e. The van der Waals surface area contributed by atoms with Crippen molar-refractivity contribution < 1.29 is 9.53 Å². The Morgan fingerprint density at radius 3 is 2.48 bits per heavy atom. The molecule has 2 aromatic rings. The van der Waals surface area contributed by atoms with Crippen LogP contribution in [0.1, 0.15) is 36.2 Å². The fourth-order valence-corrected chi connectivity index (χ4v) is 2.50. The zero-order valence-corrected chi connectivity index (χ0v) is 15.3. The minimum atomic E-state index is -0.136. The van der Waals surface area contributed by atoms with Crippen LogP contribution in [0.2, 0.25) is 0 Å². The molecule has 4 heteroatoms. The van der Waals surface area contributed by atoms with Gasteiger partial charge in [0.1, 0.15) is 5.75 Å². The Bertz CT molecular complexity index is 666. The fraction of sp³-hybridized carbons (Fsp3) is 0.316. The van der Waals surface area contributed by atoms with Crippen LogP contribution in [0.4, 0.5) is 5.69 Å². The summed E-state index contributed by atoms with van der Waals surface area (Å²) in [6, 6.07) is 13.1. The van der Waals surface area contributed by atoms with Crippen molar-refractivity contribution in [1.29, 1.82) is 0 Å². The number of hydrogen-bond donors (Lipinski definition) is 1. The summed E-state index contributed by atoms with van der Waals surface area (Å²) in [4.78, 5) is 12.3. The Morgan fingerprint density at radius 2 is 1.87 bits per heavy atom. The van der Waals surface area contributed by atoms with Gasteiger partial charge in [-0.1, -0.05) is 31.5 Å². The van der Waals surface area contributed by atoms with E-state index < -0.39 is 0 Å². The summed E-state index contributed by atoms with van der Waals surface area (Å²) in [5.41, 5.74) is 2.54. The lowest BCUT2D eigenvalue weighted by Gasteiger charge is -2.11. The average molecular weight is 376 g/mol. The van der Waals surface area contributed by atoms with Gasteiger partial charge in [0, 0.05) is 11.3 Å². The van der Waals surface area contributed by atoms with E-state index in [1.165, 1.54) is 0 Å². The van der Waals surface area contributed by atoms with E-state index in [-0.39, 0.29) is 5.91 Å². The van der Waals surface area contributed by atoms with Gasteiger partial charge >= 0.3 is 0 Å². The Hall–Kier alpha value is -1.81.